The number of rotatable bonds is 2. The van der Waals surface area contributed by atoms with E-state index in [0.29, 0.717) is 0 Å². The molecule has 0 aliphatic carbocycles. The van der Waals surface area contributed by atoms with Crippen molar-refractivity contribution in [2.24, 2.45) is 4.99 Å². The minimum absolute atomic E-state index is 1.15. The summed E-state index contributed by atoms with van der Waals surface area (Å²) in [5, 5.41) is 0. The van der Waals surface area contributed by atoms with Crippen molar-refractivity contribution in [2.75, 3.05) is 0 Å². The quantitative estimate of drug-likeness (QED) is 0.491. The zero-order valence-corrected chi connectivity index (χ0v) is 7.85. The third kappa shape index (κ3) is 4.08. The van der Waals surface area contributed by atoms with Gasteiger partial charge in [0, 0.05) is 12.3 Å². The van der Waals surface area contributed by atoms with Crippen LogP contribution in [0.15, 0.2) is 54.1 Å². The fourth-order valence-electron chi connectivity index (χ4n) is 0.882. The molecule has 1 rings (SSSR count). The van der Waals surface area contributed by atoms with E-state index in [4.69, 9.17) is 0 Å². The van der Waals surface area contributed by atoms with Crippen LogP contribution in [0.4, 0.5) is 0 Å². The smallest absolute Gasteiger partial charge is 0.0384 e. The second-order valence-corrected chi connectivity index (χ2v) is 2.51. The summed E-state index contributed by atoms with van der Waals surface area (Å²) in [6, 6.07) is 12.6. The van der Waals surface area contributed by atoms with Gasteiger partial charge in [-0.05, 0) is 17.7 Å². The molecule has 0 aliphatic rings. The molecule has 0 saturated heterocycles. The Hall–Kier alpha value is -2.07. The van der Waals surface area contributed by atoms with Crippen LogP contribution in [0.1, 0.15) is 5.56 Å². The Bertz CT molecular complexity index is 388. The van der Waals surface area contributed by atoms with Crippen molar-refractivity contribution in [1.29, 1.82) is 0 Å². The maximum atomic E-state index is 3.83. The Morgan fingerprint density at radius 1 is 1.21 bits per heavy atom. The van der Waals surface area contributed by atoms with Gasteiger partial charge in [-0.2, -0.15) is 0 Å². The molecule has 1 aromatic carbocycles. The summed E-state index contributed by atoms with van der Waals surface area (Å²) < 4.78 is 0. The Morgan fingerprint density at radius 2 is 2.00 bits per heavy atom. The zero-order valence-electron chi connectivity index (χ0n) is 7.85. The molecule has 0 amide bonds. The van der Waals surface area contributed by atoms with E-state index in [1.54, 1.807) is 6.21 Å². The summed E-state index contributed by atoms with van der Waals surface area (Å²) in [4.78, 5) is 3.83. The van der Waals surface area contributed by atoms with Crippen molar-refractivity contribution in [3.8, 4) is 12.0 Å². The molecule has 0 saturated carbocycles. The molecule has 1 heteroatoms. The number of benzene rings is 1. The van der Waals surface area contributed by atoms with E-state index in [9.17, 15) is 0 Å². The van der Waals surface area contributed by atoms with Gasteiger partial charge in [-0.3, -0.25) is 0 Å². The second-order valence-electron chi connectivity index (χ2n) is 2.51. The van der Waals surface area contributed by atoms with E-state index >= 15 is 0 Å². The summed E-state index contributed by atoms with van der Waals surface area (Å²) in [6.45, 7) is 3.46. The monoisotopic (exact) mass is 181 g/mol. The van der Waals surface area contributed by atoms with Gasteiger partial charge in [0.15, 0.2) is 0 Å². The van der Waals surface area contributed by atoms with Gasteiger partial charge >= 0.3 is 0 Å². The first-order chi connectivity index (χ1) is 6.93. The molecule has 0 radical (unpaired) electrons. The predicted molar refractivity (Wildman–Crippen MR) is 61.9 cm³/mol. The SMILES string of the molecule is C=CC#CN=C/C=C/c1ccccc1. The highest BCUT2D eigenvalue weighted by atomic mass is 14.6. The lowest BCUT2D eigenvalue weighted by Gasteiger charge is -1.87. The van der Waals surface area contributed by atoms with Crippen molar-refractivity contribution < 1.29 is 0 Å². The third-order valence-corrected chi connectivity index (χ3v) is 1.48. The van der Waals surface area contributed by atoms with Crippen LogP contribution in [0.2, 0.25) is 0 Å². The number of hydrogen-bond donors (Lipinski definition) is 0. The van der Waals surface area contributed by atoms with Gasteiger partial charge in [0.1, 0.15) is 0 Å². The Labute approximate surface area is 84.5 Å². The normalized spacial score (nSPS) is 10.0. The lowest BCUT2D eigenvalue weighted by molar-refractivity contribution is 1.66. The molecule has 0 aromatic heterocycles. The highest BCUT2D eigenvalue weighted by molar-refractivity contribution is 5.78. The van der Waals surface area contributed by atoms with Gasteiger partial charge in [0.25, 0.3) is 0 Å². The van der Waals surface area contributed by atoms with Crippen molar-refractivity contribution in [3.63, 3.8) is 0 Å². The van der Waals surface area contributed by atoms with Crippen molar-refractivity contribution in [1.82, 2.24) is 0 Å². The molecule has 0 unspecified atom stereocenters. The summed E-state index contributed by atoms with van der Waals surface area (Å²) in [5.74, 6) is 2.63. The summed E-state index contributed by atoms with van der Waals surface area (Å²) in [7, 11) is 0. The van der Waals surface area contributed by atoms with Crippen LogP contribution in [0, 0.1) is 12.0 Å². The molecule has 0 N–H and O–H groups in total. The molecular formula is C13H11N. The van der Waals surface area contributed by atoms with Crippen LogP contribution in [0.3, 0.4) is 0 Å². The molecule has 0 aliphatic heterocycles. The molecule has 1 aromatic rings. The Morgan fingerprint density at radius 3 is 2.71 bits per heavy atom. The highest BCUT2D eigenvalue weighted by Crippen LogP contribution is 1.99. The van der Waals surface area contributed by atoms with Crippen LogP contribution in [-0.2, 0) is 0 Å². The molecule has 0 bridgehead atoms. The van der Waals surface area contributed by atoms with Crippen LogP contribution >= 0.6 is 0 Å². The van der Waals surface area contributed by atoms with Gasteiger partial charge in [-0.1, -0.05) is 48.9 Å². The average molecular weight is 181 g/mol. The molecule has 68 valence electrons. The Kier molecular flexibility index (Phi) is 4.61. The topological polar surface area (TPSA) is 12.4 Å². The first-order valence-corrected chi connectivity index (χ1v) is 4.29. The van der Waals surface area contributed by atoms with E-state index in [1.807, 2.05) is 42.5 Å². The Balaban J connectivity index is 2.49. The summed E-state index contributed by atoms with van der Waals surface area (Å²) in [5.41, 5.74) is 1.15. The number of hydrogen-bond acceptors (Lipinski definition) is 1. The largest absolute Gasteiger partial charge is 0.206 e. The lowest BCUT2D eigenvalue weighted by Crippen LogP contribution is -1.68. The van der Waals surface area contributed by atoms with Crippen molar-refractivity contribution in [2.45, 2.75) is 0 Å². The summed E-state index contributed by atoms with van der Waals surface area (Å²) >= 11 is 0. The number of aliphatic imine (C=N–C) groups is 1. The fourth-order valence-corrected chi connectivity index (χ4v) is 0.882. The average Bonchev–Trinajstić information content (AvgIpc) is 2.25. The van der Waals surface area contributed by atoms with Gasteiger partial charge < -0.3 is 0 Å². The first kappa shape index (κ1) is 10.0. The molecular weight excluding hydrogens is 170 g/mol. The minimum atomic E-state index is 1.15. The molecule has 14 heavy (non-hydrogen) atoms. The fraction of sp³-hybridized carbons (Fsp3) is 0. The van der Waals surface area contributed by atoms with Crippen LogP contribution in [-0.4, -0.2) is 6.21 Å². The maximum Gasteiger partial charge on any atom is 0.0384 e. The van der Waals surface area contributed by atoms with Gasteiger partial charge in [-0.15, -0.1) is 0 Å². The second kappa shape index (κ2) is 6.45. The molecule has 0 heterocycles. The van der Waals surface area contributed by atoms with Crippen LogP contribution in [0.25, 0.3) is 6.08 Å². The lowest BCUT2D eigenvalue weighted by atomic mass is 10.2. The van der Waals surface area contributed by atoms with E-state index in [1.165, 1.54) is 6.08 Å². The van der Waals surface area contributed by atoms with E-state index in [0.717, 1.165) is 5.56 Å². The van der Waals surface area contributed by atoms with E-state index in [2.05, 4.69) is 23.5 Å². The third-order valence-electron chi connectivity index (χ3n) is 1.48. The van der Waals surface area contributed by atoms with Gasteiger partial charge in [0.2, 0.25) is 0 Å². The minimum Gasteiger partial charge on any atom is -0.206 e. The standard InChI is InChI=1S/C13H11N/c1-2-3-11-14-12-7-10-13-8-5-4-6-9-13/h2,4-10,12H,1H2/b10-7+,14-12?. The molecule has 1 nitrogen and oxygen atoms in total. The van der Waals surface area contributed by atoms with Crippen molar-refractivity contribution >= 4 is 12.3 Å². The molecule has 0 spiro atoms. The number of nitrogens with zero attached hydrogens (tertiary/aromatic N) is 1. The maximum absolute atomic E-state index is 3.83. The molecule has 0 atom stereocenters. The van der Waals surface area contributed by atoms with Crippen molar-refractivity contribution in [3.05, 3.63) is 54.6 Å². The summed E-state index contributed by atoms with van der Waals surface area (Å²) in [6.07, 6.45) is 6.99. The van der Waals surface area contributed by atoms with E-state index in [-0.39, 0.29) is 0 Å². The van der Waals surface area contributed by atoms with Gasteiger partial charge in [0.05, 0.1) is 0 Å². The first-order valence-electron chi connectivity index (χ1n) is 4.29. The molecule has 0 fully saturated rings. The highest BCUT2D eigenvalue weighted by Gasteiger charge is 1.79. The van der Waals surface area contributed by atoms with Crippen LogP contribution in [0.5, 0.6) is 0 Å². The number of allylic oxidation sites excluding steroid dienone is 2. The predicted octanol–water partition coefficient (Wildman–Crippen LogP) is 2.92. The van der Waals surface area contributed by atoms with E-state index < -0.39 is 0 Å². The van der Waals surface area contributed by atoms with Gasteiger partial charge in [-0.25, -0.2) is 4.99 Å². The van der Waals surface area contributed by atoms with Crippen LogP contribution < -0.4 is 0 Å². The zero-order chi connectivity index (χ0) is 10.1.